The molecule has 1 unspecified atom stereocenters. The van der Waals surface area contributed by atoms with Crippen LogP contribution >= 0.6 is 0 Å². The Morgan fingerprint density at radius 3 is 2.28 bits per heavy atom. The maximum absolute atomic E-state index is 13.4. The van der Waals surface area contributed by atoms with Gasteiger partial charge in [-0.2, -0.15) is 0 Å². The van der Waals surface area contributed by atoms with Crippen molar-refractivity contribution in [2.24, 2.45) is 0 Å². The van der Waals surface area contributed by atoms with Gasteiger partial charge >= 0.3 is 5.97 Å². The summed E-state index contributed by atoms with van der Waals surface area (Å²) in [7, 11) is 0. The molecule has 6 heteroatoms. The van der Waals surface area contributed by atoms with E-state index in [0.717, 1.165) is 30.3 Å². The molecule has 0 amide bonds. The van der Waals surface area contributed by atoms with E-state index in [1.807, 2.05) is 0 Å². The van der Waals surface area contributed by atoms with Crippen molar-refractivity contribution in [3.8, 4) is 0 Å². The van der Waals surface area contributed by atoms with Crippen LogP contribution < -0.4 is 0 Å². The molecule has 94 valence electrons. The summed E-state index contributed by atoms with van der Waals surface area (Å²) in [5, 5.41) is 18.4. The van der Waals surface area contributed by atoms with E-state index in [4.69, 9.17) is 9.52 Å². The van der Waals surface area contributed by atoms with Crippen LogP contribution in [0.25, 0.3) is 0 Å². The minimum atomic E-state index is -1.70. The van der Waals surface area contributed by atoms with Gasteiger partial charge in [-0.25, -0.2) is 13.6 Å². The Morgan fingerprint density at radius 2 is 1.78 bits per heavy atom. The molecule has 0 aliphatic rings. The van der Waals surface area contributed by atoms with Crippen LogP contribution in [0.2, 0.25) is 0 Å². The number of carboxylic acid groups (broad SMARTS) is 1. The molecule has 2 aromatic rings. The highest BCUT2D eigenvalue weighted by molar-refractivity contribution is 5.84. The fourth-order valence-corrected chi connectivity index (χ4v) is 1.53. The minimum absolute atomic E-state index is 0.239. The van der Waals surface area contributed by atoms with Crippen molar-refractivity contribution < 1.29 is 28.2 Å². The third kappa shape index (κ3) is 2.10. The van der Waals surface area contributed by atoms with E-state index in [1.54, 1.807) is 0 Å². The summed E-state index contributed by atoms with van der Waals surface area (Å²) in [6.45, 7) is 0. The van der Waals surface area contributed by atoms with E-state index >= 15 is 0 Å². The van der Waals surface area contributed by atoms with Gasteiger partial charge in [0.05, 0.1) is 5.56 Å². The lowest BCUT2D eigenvalue weighted by Crippen LogP contribution is -2.04. The summed E-state index contributed by atoms with van der Waals surface area (Å²) < 4.78 is 31.6. The first kappa shape index (κ1) is 12.3. The molecule has 0 aliphatic carbocycles. The van der Waals surface area contributed by atoms with Crippen LogP contribution in [0.15, 0.2) is 34.7 Å². The summed E-state index contributed by atoms with van der Waals surface area (Å²) in [6, 6.07) is 5.39. The molecule has 2 rings (SSSR count). The molecule has 0 radical (unpaired) electrons. The van der Waals surface area contributed by atoms with E-state index in [1.165, 1.54) is 0 Å². The second kappa shape index (κ2) is 4.58. The molecule has 18 heavy (non-hydrogen) atoms. The minimum Gasteiger partial charge on any atom is -0.475 e. The normalized spacial score (nSPS) is 12.4. The van der Waals surface area contributed by atoms with Crippen molar-refractivity contribution in [3.05, 3.63) is 59.1 Å². The topological polar surface area (TPSA) is 70.7 Å². The molecule has 1 aromatic carbocycles. The van der Waals surface area contributed by atoms with Crippen LogP contribution in [-0.4, -0.2) is 16.2 Å². The molecule has 0 bridgehead atoms. The largest absolute Gasteiger partial charge is 0.475 e. The van der Waals surface area contributed by atoms with E-state index in [-0.39, 0.29) is 5.76 Å². The zero-order valence-electron chi connectivity index (χ0n) is 8.93. The summed E-state index contributed by atoms with van der Waals surface area (Å²) in [5.41, 5.74) is -0.580. The molecule has 1 atom stereocenters. The Balaban J connectivity index is 2.41. The highest BCUT2D eigenvalue weighted by Gasteiger charge is 2.23. The predicted molar refractivity (Wildman–Crippen MR) is 56.1 cm³/mol. The molecule has 0 fully saturated rings. The van der Waals surface area contributed by atoms with Crippen LogP contribution in [0, 0.1) is 11.6 Å². The van der Waals surface area contributed by atoms with E-state index in [9.17, 15) is 18.7 Å². The van der Waals surface area contributed by atoms with Crippen molar-refractivity contribution in [1.82, 2.24) is 0 Å². The van der Waals surface area contributed by atoms with Crippen molar-refractivity contribution in [3.63, 3.8) is 0 Å². The van der Waals surface area contributed by atoms with Gasteiger partial charge < -0.3 is 14.6 Å². The number of carbonyl (C=O) groups is 1. The fraction of sp³-hybridized carbons (Fsp3) is 0.0833. The number of aromatic carboxylic acids is 1. The Bertz CT molecular complexity index is 571. The van der Waals surface area contributed by atoms with Crippen LogP contribution in [0.4, 0.5) is 8.78 Å². The molecule has 0 aliphatic heterocycles. The summed E-state index contributed by atoms with van der Waals surface area (Å²) in [4.78, 5) is 10.6. The van der Waals surface area contributed by atoms with Gasteiger partial charge in [0.15, 0.2) is 0 Å². The Kier molecular flexibility index (Phi) is 3.12. The van der Waals surface area contributed by atoms with Gasteiger partial charge in [-0.15, -0.1) is 0 Å². The van der Waals surface area contributed by atoms with Gasteiger partial charge in [-0.1, -0.05) is 6.07 Å². The van der Waals surface area contributed by atoms with E-state index in [2.05, 4.69) is 0 Å². The Labute approximate surface area is 100 Å². The number of aliphatic hydroxyl groups is 1. The van der Waals surface area contributed by atoms with Gasteiger partial charge in [-0.05, 0) is 24.3 Å². The number of hydrogen-bond donors (Lipinski definition) is 2. The third-order valence-electron chi connectivity index (χ3n) is 2.38. The SMILES string of the molecule is O=C(O)c1ccc(C(O)c2c(F)cccc2F)o1. The first-order valence-corrected chi connectivity index (χ1v) is 4.95. The van der Waals surface area contributed by atoms with Crippen LogP contribution in [0.5, 0.6) is 0 Å². The van der Waals surface area contributed by atoms with E-state index in [0.29, 0.717) is 0 Å². The summed E-state index contributed by atoms with van der Waals surface area (Å²) >= 11 is 0. The highest BCUT2D eigenvalue weighted by atomic mass is 19.1. The average molecular weight is 254 g/mol. The molecular weight excluding hydrogens is 246 g/mol. The molecule has 1 aromatic heterocycles. The zero-order chi connectivity index (χ0) is 13.3. The molecular formula is C12H8F2O4. The maximum atomic E-state index is 13.4. The zero-order valence-corrected chi connectivity index (χ0v) is 8.93. The fourth-order valence-electron chi connectivity index (χ4n) is 1.53. The van der Waals surface area contributed by atoms with Gasteiger partial charge in [0.25, 0.3) is 0 Å². The lowest BCUT2D eigenvalue weighted by Gasteiger charge is -2.10. The lowest BCUT2D eigenvalue weighted by molar-refractivity contribution is 0.0654. The number of carboxylic acids is 1. The monoisotopic (exact) mass is 254 g/mol. The molecule has 1 heterocycles. The number of halogens is 2. The van der Waals surface area contributed by atoms with Crippen LogP contribution in [-0.2, 0) is 0 Å². The van der Waals surface area contributed by atoms with Crippen molar-refractivity contribution in [1.29, 1.82) is 0 Å². The lowest BCUT2D eigenvalue weighted by atomic mass is 10.1. The molecule has 0 saturated carbocycles. The van der Waals surface area contributed by atoms with Crippen LogP contribution in [0.1, 0.15) is 28.0 Å². The van der Waals surface area contributed by atoms with Gasteiger partial charge in [0.1, 0.15) is 23.5 Å². The number of benzene rings is 1. The highest BCUT2D eigenvalue weighted by Crippen LogP contribution is 2.27. The first-order chi connectivity index (χ1) is 8.50. The first-order valence-electron chi connectivity index (χ1n) is 4.95. The standard InChI is InChI=1S/C12H8F2O4/c13-6-2-1-3-7(14)10(6)11(15)8-4-5-9(18-8)12(16)17/h1-5,11,15H,(H,16,17). The van der Waals surface area contributed by atoms with Gasteiger partial charge in [-0.3, -0.25) is 0 Å². The Morgan fingerprint density at radius 1 is 1.17 bits per heavy atom. The number of aliphatic hydroxyl groups excluding tert-OH is 1. The number of hydrogen-bond acceptors (Lipinski definition) is 3. The Hall–Kier alpha value is -2.21. The van der Waals surface area contributed by atoms with Crippen molar-refractivity contribution in [2.75, 3.05) is 0 Å². The average Bonchev–Trinajstić information content (AvgIpc) is 2.77. The quantitative estimate of drug-likeness (QED) is 0.881. The van der Waals surface area contributed by atoms with Gasteiger partial charge in [0.2, 0.25) is 5.76 Å². The second-order valence-corrected chi connectivity index (χ2v) is 3.55. The van der Waals surface area contributed by atoms with Crippen molar-refractivity contribution in [2.45, 2.75) is 6.10 Å². The number of furan rings is 1. The number of rotatable bonds is 3. The smallest absolute Gasteiger partial charge is 0.371 e. The van der Waals surface area contributed by atoms with Gasteiger partial charge in [0, 0.05) is 0 Å². The molecule has 0 spiro atoms. The molecule has 2 N–H and O–H groups in total. The molecule has 4 nitrogen and oxygen atoms in total. The van der Waals surface area contributed by atoms with E-state index < -0.39 is 35.0 Å². The van der Waals surface area contributed by atoms with Crippen LogP contribution in [0.3, 0.4) is 0 Å². The second-order valence-electron chi connectivity index (χ2n) is 3.55. The summed E-state index contributed by atoms with van der Waals surface area (Å²) in [6.07, 6.45) is -1.70. The van der Waals surface area contributed by atoms with Crippen molar-refractivity contribution >= 4 is 5.97 Å². The predicted octanol–water partition coefficient (Wildman–Crippen LogP) is 2.34. The maximum Gasteiger partial charge on any atom is 0.371 e. The third-order valence-corrected chi connectivity index (χ3v) is 2.38. The molecule has 0 saturated heterocycles. The summed E-state index contributed by atoms with van der Waals surface area (Å²) in [5.74, 6) is -3.86.